The van der Waals surface area contributed by atoms with E-state index in [0.29, 0.717) is 6.04 Å². The van der Waals surface area contributed by atoms with Gasteiger partial charge in [-0.3, -0.25) is 4.79 Å². The number of urea groups is 1. The van der Waals surface area contributed by atoms with Crippen LogP contribution in [0.2, 0.25) is 0 Å². The van der Waals surface area contributed by atoms with Crippen LogP contribution in [-0.2, 0) is 4.79 Å². The average Bonchev–Trinajstić information content (AvgIpc) is 3.14. The molecule has 2 N–H and O–H groups in total. The molecule has 5 nitrogen and oxygen atoms in total. The third-order valence-electron chi connectivity index (χ3n) is 3.30. The predicted octanol–water partition coefficient (Wildman–Crippen LogP) is 0.849. The molecule has 1 aliphatic carbocycles. The van der Waals surface area contributed by atoms with Gasteiger partial charge in [0, 0.05) is 19.1 Å². The second-order valence-electron chi connectivity index (χ2n) is 5.00. The molecular formula is C12H21N3O2. The summed E-state index contributed by atoms with van der Waals surface area (Å²) in [6.45, 7) is 3.35. The number of carbonyl (C=O) groups excluding carboxylic acids is 2. The number of nitrogens with zero attached hydrogens (tertiary/aromatic N) is 1. The Morgan fingerprint density at radius 2 is 1.82 bits per heavy atom. The van der Waals surface area contributed by atoms with Gasteiger partial charge in [-0.05, 0) is 39.0 Å². The van der Waals surface area contributed by atoms with E-state index in [9.17, 15) is 9.59 Å². The molecule has 1 aliphatic heterocycles. The number of rotatable bonds is 3. The van der Waals surface area contributed by atoms with Crippen molar-refractivity contribution in [2.75, 3.05) is 13.1 Å². The first-order valence-corrected chi connectivity index (χ1v) is 6.52. The number of carbonyl (C=O) groups is 2. The van der Waals surface area contributed by atoms with Crippen LogP contribution in [0.1, 0.15) is 39.0 Å². The Bertz CT molecular complexity index is 296. The highest BCUT2D eigenvalue weighted by atomic mass is 16.2. The van der Waals surface area contributed by atoms with Crippen molar-refractivity contribution in [3.8, 4) is 0 Å². The fourth-order valence-corrected chi connectivity index (χ4v) is 1.99. The molecule has 0 aromatic rings. The fourth-order valence-electron chi connectivity index (χ4n) is 1.99. The summed E-state index contributed by atoms with van der Waals surface area (Å²) in [5.74, 6) is -0.0714. The molecule has 1 saturated carbocycles. The molecule has 96 valence electrons. The Balaban J connectivity index is 1.73. The van der Waals surface area contributed by atoms with Gasteiger partial charge in [0.2, 0.25) is 5.91 Å². The zero-order valence-corrected chi connectivity index (χ0v) is 10.4. The van der Waals surface area contributed by atoms with Gasteiger partial charge in [-0.15, -0.1) is 0 Å². The normalized spacial score (nSPS) is 21.8. The number of amides is 3. The SMILES string of the molecule is CC(NC(=O)N1CCCCC1)C(=O)NC1CC1. The summed E-state index contributed by atoms with van der Waals surface area (Å²) in [7, 11) is 0. The average molecular weight is 239 g/mol. The molecule has 17 heavy (non-hydrogen) atoms. The van der Waals surface area contributed by atoms with Gasteiger partial charge in [-0.1, -0.05) is 0 Å². The first kappa shape index (κ1) is 12.2. The van der Waals surface area contributed by atoms with Gasteiger partial charge in [0.05, 0.1) is 0 Å². The summed E-state index contributed by atoms with van der Waals surface area (Å²) in [5.41, 5.74) is 0. The Hall–Kier alpha value is -1.26. The highest BCUT2D eigenvalue weighted by molar-refractivity contribution is 5.87. The summed E-state index contributed by atoms with van der Waals surface area (Å²) < 4.78 is 0. The smallest absolute Gasteiger partial charge is 0.318 e. The van der Waals surface area contributed by atoms with Gasteiger partial charge in [0.1, 0.15) is 6.04 Å². The highest BCUT2D eigenvalue weighted by Crippen LogP contribution is 2.18. The number of nitrogens with one attached hydrogen (secondary N) is 2. The maximum absolute atomic E-state index is 11.8. The third kappa shape index (κ3) is 3.61. The zero-order valence-electron chi connectivity index (χ0n) is 10.4. The van der Waals surface area contributed by atoms with E-state index in [2.05, 4.69) is 10.6 Å². The minimum Gasteiger partial charge on any atom is -0.352 e. The molecule has 0 radical (unpaired) electrons. The summed E-state index contributed by atoms with van der Waals surface area (Å²) in [5, 5.41) is 5.65. The van der Waals surface area contributed by atoms with Crippen LogP contribution in [0.25, 0.3) is 0 Å². The van der Waals surface area contributed by atoms with Crippen LogP contribution in [0.5, 0.6) is 0 Å². The van der Waals surface area contributed by atoms with Crippen LogP contribution in [0, 0.1) is 0 Å². The van der Waals surface area contributed by atoms with Gasteiger partial charge in [-0.25, -0.2) is 4.79 Å². The van der Waals surface area contributed by atoms with E-state index >= 15 is 0 Å². The van der Waals surface area contributed by atoms with Gasteiger partial charge in [-0.2, -0.15) is 0 Å². The number of likely N-dealkylation sites (tertiary alicyclic amines) is 1. The lowest BCUT2D eigenvalue weighted by Crippen LogP contribution is -2.51. The fraction of sp³-hybridized carbons (Fsp3) is 0.833. The van der Waals surface area contributed by atoms with Crippen molar-refractivity contribution in [1.82, 2.24) is 15.5 Å². The molecular weight excluding hydrogens is 218 g/mol. The Kier molecular flexibility index (Phi) is 3.86. The van der Waals surface area contributed by atoms with Crippen molar-refractivity contribution in [2.24, 2.45) is 0 Å². The Morgan fingerprint density at radius 1 is 1.18 bits per heavy atom. The molecule has 2 fully saturated rings. The molecule has 5 heteroatoms. The van der Waals surface area contributed by atoms with Crippen molar-refractivity contribution >= 4 is 11.9 Å². The van der Waals surface area contributed by atoms with Crippen molar-refractivity contribution in [3.05, 3.63) is 0 Å². The maximum Gasteiger partial charge on any atom is 0.318 e. The quantitative estimate of drug-likeness (QED) is 0.767. The van der Waals surface area contributed by atoms with Gasteiger partial charge >= 0.3 is 6.03 Å². The summed E-state index contributed by atoms with van der Waals surface area (Å²) in [4.78, 5) is 25.3. The van der Waals surface area contributed by atoms with Crippen LogP contribution in [-0.4, -0.2) is 42.0 Å². The van der Waals surface area contributed by atoms with E-state index in [1.165, 1.54) is 6.42 Å². The molecule has 1 heterocycles. The first-order chi connectivity index (χ1) is 8.16. The zero-order chi connectivity index (χ0) is 12.3. The molecule has 1 atom stereocenters. The predicted molar refractivity (Wildman–Crippen MR) is 64.6 cm³/mol. The second-order valence-corrected chi connectivity index (χ2v) is 5.00. The molecule has 3 amide bonds. The molecule has 2 aliphatic rings. The summed E-state index contributed by atoms with van der Waals surface area (Å²) >= 11 is 0. The molecule has 0 aromatic heterocycles. The minimum atomic E-state index is -0.440. The van der Waals surface area contributed by atoms with E-state index in [1.807, 2.05) is 0 Å². The molecule has 1 saturated heterocycles. The minimum absolute atomic E-state index is 0.0714. The first-order valence-electron chi connectivity index (χ1n) is 6.52. The summed E-state index contributed by atoms with van der Waals surface area (Å²) in [6.07, 6.45) is 5.46. The lowest BCUT2D eigenvalue weighted by atomic mass is 10.1. The van der Waals surface area contributed by atoms with Gasteiger partial charge < -0.3 is 15.5 Å². The van der Waals surface area contributed by atoms with E-state index in [-0.39, 0.29) is 11.9 Å². The van der Waals surface area contributed by atoms with Gasteiger partial charge in [0.25, 0.3) is 0 Å². The van der Waals surface area contributed by atoms with E-state index in [0.717, 1.165) is 38.8 Å². The standard InChI is InChI=1S/C12H21N3O2/c1-9(11(16)14-10-5-6-10)13-12(17)15-7-3-2-4-8-15/h9-10H,2-8H2,1H3,(H,13,17)(H,14,16). The highest BCUT2D eigenvalue weighted by Gasteiger charge is 2.27. The van der Waals surface area contributed by atoms with Crippen molar-refractivity contribution in [2.45, 2.75) is 51.1 Å². The third-order valence-corrected chi connectivity index (χ3v) is 3.30. The van der Waals surface area contributed by atoms with Crippen LogP contribution in [0.15, 0.2) is 0 Å². The lowest BCUT2D eigenvalue weighted by Gasteiger charge is -2.28. The van der Waals surface area contributed by atoms with Crippen LogP contribution < -0.4 is 10.6 Å². The lowest BCUT2D eigenvalue weighted by molar-refractivity contribution is -0.122. The monoisotopic (exact) mass is 239 g/mol. The maximum atomic E-state index is 11.8. The summed E-state index contributed by atoms with van der Waals surface area (Å²) in [6, 6.07) is -0.204. The molecule has 0 spiro atoms. The number of piperidine rings is 1. The van der Waals surface area contributed by atoms with Crippen LogP contribution in [0.4, 0.5) is 4.79 Å². The Labute approximate surface area is 102 Å². The molecule has 0 bridgehead atoms. The largest absolute Gasteiger partial charge is 0.352 e. The van der Waals surface area contributed by atoms with E-state index in [4.69, 9.17) is 0 Å². The second kappa shape index (κ2) is 5.38. The Morgan fingerprint density at radius 3 is 2.41 bits per heavy atom. The van der Waals surface area contributed by atoms with Crippen LogP contribution >= 0.6 is 0 Å². The molecule has 2 rings (SSSR count). The number of hydrogen-bond donors (Lipinski definition) is 2. The van der Waals surface area contributed by atoms with Crippen molar-refractivity contribution < 1.29 is 9.59 Å². The van der Waals surface area contributed by atoms with Crippen LogP contribution in [0.3, 0.4) is 0 Å². The van der Waals surface area contributed by atoms with Gasteiger partial charge in [0.15, 0.2) is 0 Å². The van der Waals surface area contributed by atoms with Crippen molar-refractivity contribution in [1.29, 1.82) is 0 Å². The number of hydrogen-bond acceptors (Lipinski definition) is 2. The topological polar surface area (TPSA) is 61.4 Å². The van der Waals surface area contributed by atoms with Crippen molar-refractivity contribution in [3.63, 3.8) is 0 Å². The van der Waals surface area contributed by atoms with E-state index < -0.39 is 6.04 Å². The molecule has 1 unspecified atom stereocenters. The molecule has 0 aromatic carbocycles. The van der Waals surface area contributed by atoms with E-state index in [1.54, 1.807) is 11.8 Å².